The van der Waals surface area contributed by atoms with Crippen LogP contribution in [0.5, 0.6) is 0 Å². The summed E-state index contributed by atoms with van der Waals surface area (Å²) in [5.41, 5.74) is 1.75. The van der Waals surface area contributed by atoms with Crippen LogP contribution in [0.4, 0.5) is 11.5 Å². The highest BCUT2D eigenvalue weighted by Gasteiger charge is 2.12. The van der Waals surface area contributed by atoms with Crippen molar-refractivity contribution in [2.24, 2.45) is 0 Å². The van der Waals surface area contributed by atoms with Crippen LogP contribution in [0.1, 0.15) is 5.01 Å². The maximum Gasteiger partial charge on any atom is 0.240 e. The predicted molar refractivity (Wildman–Crippen MR) is 107 cm³/mol. The lowest BCUT2D eigenvalue weighted by Crippen LogP contribution is -2.37. The van der Waals surface area contributed by atoms with Crippen molar-refractivity contribution >= 4 is 44.9 Å². The van der Waals surface area contributed by atoms with Crippen LogP contribution in [0.15, 0.2) is 42.6 Å². The number of nitrogens with zero attached hydrogens (tertiary/aromatic N) is 4. The van der Waals surface area contributed by atoms with Crippen molar-refractivity contribution in [2.75, 3.05) is 25.0 Å². The Bertz CT molecular complexity index is 1030. The molecule has 3 aromatic rings. The number of nitrogens with one attached hydrogen (secondary N) is 2. The molecule has 0 saturated heterocycles. The van der Waals surface area contributed by atoms with Gasteiger partial charge in [0, 0.05) is 18.9 Å². The number of nitriles is 1. The summed E-state index contributed by atoms with van der Waals surface area (Å²) in [6.07, 6.45) is 1.83. The lowest BCUT2D eigenvalue weighted by Gasteiger charge is -2.17. The van der Waals surface area contributed by atoms with Crippen LogP contribution in [0, 0.1) is 11.3 Å². The molecule has 0 aliphatic heterocycles. The van der Waals surface area contributed by atoms with Crippen molar-refractivity contribution in [1.29, 1.82) is 5.26 Å². The maximum atomic E-state index is 12.0. The average Bonchev–Trinajstić information content (AvgIpc) is 3.12. The number of hydrogen-bond donors (Lipinski definition) is 2. The lowest BCUT2D eigenvalue weighted by atomic mass is 10.2. The van der Waals surface area contributed by atoms with Gasteiger partial charge in [-0.1, -0.05) is 6.07 Å². The minimum Gasteiger partial charge on any atom is -0.347 e. The quantitative estimate of drug-likeness (QED) is 0.591. The molecule has 142 valence electrons. The summed E-state index contributed by atoms with van der Waals surface area (Å²) in [7, 11) is 1.93. The van der Waals surface area contributed by atoms with E-state index < -0.39 is 5.91 Å². The molecular weight excluding hydrogens is 376 g/mol. The zero-order valence-electron chi connectivity index (χ0n) is 15.2. The number of anilines is 2. The fraction of sp³-hybridized carbons (Fsp3) is 0.211. The summed E-state index contributed by atoms with van der Waals surface area (Å²) in [6, 6.07) is 13.4. The van der Waals surface area contributed by atoms with Gasteiger partial charge in [0.05, 0.1) is 29.3 Å². The van der Waals surface area contributed by atoms with E-state index >= 15 is 0 Å². The van der Waals surface area contributed by atoms with Gasteiger partial charge in [-0.2, -0.15) is 5.26 Å². The molecule has 0 aliphatic rings. The monoisotopic (exact) mass is 394 g/mol. The Morgan fingerprint density at radius 1 is 1.21 bits per heavy atom. The van der Waals surface area contributed by atoms with Crippen LogP contribution in [0.25, 0.3) is 10.2 Å². The van der Waals surface area contributed by atoms with Gasteiger partial charge in [-0.3, -0.25) is 9.59 Å². The van der Waals surface area contributed by atoms with Crippen molar-refractivity contribution in [3.05, 3.63) is 47.6 Å². The molecular formula is C19H18N6O2S. The highest BCUT2D eigenvalue weighted by molar-refractivity contribution is 7.18. The highest BCUT2D eigenvalue weighted by atomic mass is 32.1. The predicted octanol–water partition coefficient (Wildman–Crippen LogP) is 1.76. The molecule has 0 radical (unpaired) electrons. The van der Waals surface area contributed by atoms with E-state index in [-0.39, 0.29) is 25.4 Å². The Morgan fingerprint density at radius 2 is 2.07 bits per heavy atom. The third kappa shape index (κ3) is 4.81. The third-order valence-corrected chi connectivity index (χ3v) is 4.95. The number of rotatable bonds is 7. The van der Waals surface area contributed by atoms with Crippen LogP contribution in [-0.2, 0) is 16.0 Å². The lowest BCUT2D eigenvalue weighted by molar-refractivity contribution is -0.125. The summed E-state index contributed by atoms with van der Waals surface area (Å²) in [4.78, 5) is 34.3. The van der Waals surface area contributed by atoms with Gasteiger partial charge >= 0.3 is 0 Å². The van der Waals surface area contributed by atoms with Crippen LogP contribution >= 0.6 is 11.3 Å². The minimum atomic E-state index is -0.401. The molecule has 0 fully saturated rings. The van der Waals surface area contributed by atoms with Crippen molar-refractivity contribution < 1.29 is 9.59 Å². The van der Waals surface area contributed by atoms with E-state index in [2.05, 4.69) is 20.6 Å². The first-order valence-corrected chi connectivity index (χ1v) is 9.33. The molecule has 1 aromatic carbocycles. The molecule has 0 atom stereocenters. The van der Waals surface area contributed by atoms with Crippen molar-refractivity contribution in [3.63, 3.8) is 0 Å². The van der Waals surface area contributed by atoms with E-state index in [9.17, 15) is 9.59 Å². The molecule has 3 rings (SSSR count). The number of benzene rings is 1. The Balaban J connectivity index is 1.65. The van der Waals surface area contributed by atoms with Gasteiger partial charge in [0.1, 0.15) is 17.4 Å². The first-order valence-electron chi connectivity index (χ1n) is 8.51. The van der Waals surface area contributed by atoms with E-state index in [1.807, 2.05) is 48.3 Å². The van der Waals surface area contributed by atoms with Gasteiger partial charge < -0.3 is 15.5 Å². The van der Waals surface area contributed by atoms with Gasteiger partial charge in [-0.25, -0.2) is 9.97 Å². The standard InChI is InChI=1S/C19H18N6O2S/c1-25(16-4-2-3-8-21-16)13-5-6-15-14(10-13)24-19(28-15)11-17(26)23-12-18(27)22-9-7-20/h2-6,8,10H,9,11-12H2,1H3,(H,22,27)(H,23,26). The van der Waals surface area contributed by atoms with E-state index in [4.69, 9.17) is 5.26 Å². The molecule has 9 heteroatoms. The Labute approximate surface area is 165 Å². The molecule has 2 aromatic heterocycles. The normalized spacial score (nSPS) is 10.3. The number of carbonyl (C=O) groups excluding carboxylic acids is 2. The van der Waals surface area contributed by atoms with Crippen LogP contribution in [0.2, 0.25) is 0 Å². The van der Waals surface area contributed by atoms with E-state index in [0.29, 0.717) is 5.01 Å². The maximum absolute atomic E-state index is 12.0. The molecule has 0 spiro atoms. The number of pyridine rings is 1. The Hall–Kier alpha value is -3.51. The van der Waals surface area contributed by atoms with Crippen LogP contribution in [-0.4, -0.2) is 41.9 Å². The minimum absolute atomic E-state index is 0.0815. The zero-order chi connectivity index (χ0) is 19.9. The molecule has 0 bridgehead atoms. The third-order valence-electron chi connectivity index (χ3n) is 3.92. The molecule has 2 amide bonds. The van der Waals surface area contributed by atoms with Gasteiger partial charge in [-0.05, 0) is 30.3 Å². The fourth-order valence-electron chi connectivity index (χ4n) is 2.51. The smallest absolute Gasteiger partial charge is 0.240 e. The Kier molecular flexibility index (Phi) is 6.14. The van der Waals surface area contributed by atoms with Crippen molar-refractivity contribution in [1.82, 2.24) is 20.6 Å². The Morgan fingerprint density at radius 3 is 2.82 bits per heavy atom. The number of amides is 2. The van der Waals surface area contributed by atoms with E-state index in [1.54, 1.807) is 12.3 Å². The van der Waals surface area contributed by atoms with E-state index in [1.165, 1.54) is 11.3 Å². The number of fused-ring (bicyclic) bond motifs is 1. The molecule has 28 heavy (non-hydrogen) atoms. The summed E-state index contributed by atoms with van der Waals surface area (Å²) in [5.74, 6) is 0.129. The van der Waals surface area contributed by atoms with Crippen LogP contribution < -0.4 is 15.5 Å². The van der Waals surface area contributed by atoms with Crippen LogP contribution in [0.3, 0.4) is 0 Å². The van der Waals surface area contributed by atoms with Crippen molar-refractivity contribution in [2.45, 2.75) is 6.42 Å². The zero-order valence-corrected chi connectivity index (χ0v) is 16.0. The number of thiazole rings is 1. The SMILES string of the molecule is CN(c1ccc2sc(CC(=O)NCC(=O)NCC#N)nc2c1)c1ccccn1. The van der Waals surface area contributed by atoms with Gasteiger partial charge in [0.25, 0.3) is 0 Å². The summed E-state index contributed by atoms with van der Waals surface area (Å²) >= 11 is 1.44. The van der Waals surface area contributed by atoms with Crippen molar-refractivity contribution in [3.8, 4) is 6.07 Å². The average molecular weight is 394 g/mol. The fourth-order valence-corrected chi connectivity index (χ4v) is 3.46. The highest BCUT2D eigenvalue weighted by Crippen LogP contribution is 2.29. The largest absolute Gasteiger partial charge is 0.347 e. The molecule has 2 N–H and O–H groups in total. The molecule has 0 aliphatic carbocycles. The van der Waals surface area contributed by atoms with E-state index in [0.717, 1.165) is 21.7 Å². The second-order valence-electron chi connectivity index (χ2n) is 5.89. The number of carbonyl (C=O) groups is 2. The topological polar surface area (TPSA) is 111 Å². The molecule has 2 heterocycles. The van der Waals surface area contributed by atoms with Gasteiger partial charge in [0.2, 0.25) is 11.8 Å². The molecule has 8 nitrogen and oxygen atoms in total. The number of aromatic nitrogens is 2. The summed E-state index contributed by atoms with van der Waals surface area (Å²) in [6.45, 7) is -0.244. The second kappa shape index (κ2) is 8.92. The van der Waals surface area contributed by atoms with Gasteiger partial charge in [-0.15, -0.1) is 11.3 Å². The summed E-state index contributed by atoms with van der Waals surface area (Å²) < 4.78 is 0.979. The molecule has 0 saturated carbocycles. The van der Waals surface area contributed by atoms with Gasteiger partial charge in [0.15, 0.2) is 0 Å². The first-order chi connectivity index (χ1) is 13.6. The first kappa shape index (κ1) is 19.3. The number of hydrogen-bond acceptors (Lipinski definition) is 7. The second-order valence-corrected chi connectivity index (χ2v) is 7.01. The molecule has 0 unspecified atom stereocenters. The summed E-state index contributed by atoms with van der Waals surface area (Å²) in [5, 5.41) is 14.0.